The van der Waals surface area contributed by atoms with Crippen molar-refractivity contribution in [3.8, 4) is 22.8 Å². The first kappa shape index (κ1) is 25.7. The third kappa shape index (κ3) is 6.06. The lowest BCUT2D eigenvalue weighted by atomic mass is 9.87. The van der Waals surface area contributed by atoms with Crippen molar-refractivity contribution in [2.45, 2.75) is 26.2 Å². The number of methoxy groups -OCH3 is 2. The topological polar surface area (TPSA) is 86.8 Å². The van der Waals surface area contributed by atoms with Crippen molar-refractivity contribution >= 4 is 28.5 Å². The summed E-state index contributed by atoms with van der Waals surface area (Å²) in [5.74, 6) is 0.464. The molecule has 4 aromatic rings. The van der Waals surface area contributed by atoms with E-state index in [4.69, 9.17) is 19.2 Å². The van der Waals surface area contributed by atoms with Crippen molar-refractivity contribution in [1.82, 2.24) is 4.98 Å². The molecule has 3 aromatic carbocycles. The Labute approximate surface area is 216 Å². The van der Waals surface area contributed by atoms with Gasteiger partial charge >= 0.3 is 5.97 Å². The summed E-state index contributed by atoms with van der Waals surface area (Å²) in [4.78, 5) is 29.5. The fourth-order valence-electron chi connectivity index (χ4n) is 3.82. The molecule has 0 atom stereocenters. The number of pyridine rings is 1. The molecule has 0 radical (unpaired) electrons. The van der Waals surface area contributed by atoms with Crippen LogP contribution in [0.1, 0.15) is 36.7 Å². The van der Waals surface area contributed by atoms with Crippen molar-refractivity contribution < 1.29 is 23.8 Å². The number of hydrogen-bond donors (Lipinski definition) is 1. The number of carbonyl (C=O) groups is 2. The molecule has 7 nitrogen and oxygen atoms in total. The van der Waals surface area contributed by atoms with E-state index in [1.165, 1.54) is 7.11 Å². The molecule has 0 bridgehead atoms. The molecule has 0 aliphatic heterocycles. The molecular weight excluding hydrogens is 468 g/mol. The monoisotopic (exact) mass is 498 g/mol. The normalized spacial score (nSPS) is 11.2. The van der Waals surface area contributed by atoms with Gasteiger partial charge in [0.2, 0.25) is 0 Å². The Kier molecular flexibility index (Phi) is 7.43. The number of nitrogens with zero attached hydrogens (tertiary/aromatic N) is 1. The molecule has 0 fully saturated rings. The molecule has 0 aliphatic rings. The fourth-order valence-corrected chi connectivity index (χ4v) is 3.82. The van der Waals surface area contributed by atoms with Crippen LogP contribution in [0.3, 0.4) is 0 Å². The Morgan fingerprint density at radius 1 is 0.892 bits per heavy atom. The second-order valence-electron chi connectivity index (χ2n) is 9.61. The van der Waals surface area contributed by atoms with E-state index in [2.05, 4.69) is 26.1 Å². The minimum atomic E-state index is -0.501. The van der Waals surface area contributed by atoms with Crippen LogP contribution in [0.15, 0.2) is 72.8 Å². The predicted molar refractivity (Wildman–Crippen MR) is 144 cm³/mol. The minimum absolute atomic E-state index is 0.00558. The van der Waals surface area contributed by atoms with Gasteiger partial charge in [-0.3, -0.25) is 4.79 Å². The maximum absolute atomic E-state index is 12.9. The second-order valence-corrected chi connectivity index (χ2v) is 9.61. The summed E-state index contributed by atoms with van der Waals surface area (Å²) in [5, 5.41) is 3.60. The van der Waals surface area contributed by atoms with Gasteiger partial charge in [0.15, 0.2) is 6.61 Å². The lowest BCUT2D eigenvalue weighted by molar-refractivity contribution is -0.142. The van der Waals surface area contributed by atoms with Crippen LogP contribution in [0, 0.1) is 0 Å². The first-order valence-corrected chi connectivity index (χ1v) is 11.9. The third-order valence-electron chi connectivity index (χ3n) is 6.00. The maximum Gasteiger partial charge on any atom is 0.343 e. The average molecular weight is 499 g/mol. The predicted octanol–water partition coefficient (Wildman–Crippen LogP) is 6.01. The summed E-state index contributed by atoms with van der Waals surface area (Å²) < 4.78 is 15.8. The van der Waals surface area contributed by atoms with Gasteiger partial charge < -0.3 is 19.5 Å². The summed E-state index contributed by atoms with van der Waals surface area (Å²) in [6.07, 6.45) is 0. The Hall–Kier alpha value is -4.39. The molecule has 7 heteroatoms. The molecule has 0 aliphatic carbocycles. The summed E-state index contributed by atoms with van der Waals surface area (Å²) in [7, 11) is 2.92. The van der Waals surface area contributed by atoms with Crippen molar-refractivity contribution in [1.29, 1.82) is 0 Å². The standard InChI is InChI=1S/C30H30N2O5/c1-30(2,3)21-10-6-20(7-11-21)29(34)31-22-12-15-25-24(16-22)27(37-18-28(33)36-5)17-26(32-25)19-8-13-23(35-4)14-9-19/h6-17H,18H2,1-5H3,(H,31,34). The zero-order chi connectivity index (χ0) is 26.6. The Morgan fingerprint density at radius 3 is 2.22 bits per heavy atom. The lowest BCUT2D eigenvalue weighted by Gasteiger charge is -2.19. The van der Waals surface area contributed by atoms with Gasteiger partial charge in [-0.2, -0.15) is 0 Å². The molecule has 0 unspecified atom stereocenters. The van der Waals surface area contributed by atoms with Crippen LogP contribution < -0.4 is 14.8 Å². The lowest BCUT2D eigenvalue weighted by Crippen LogP contribution is -2.14. The zero-order valence-electron chi connectivity index (χ0n) is 21.6. The smallest absolute Gasteiger partial charge is 0.343 e. The van der Waals surface area contributed by atoms with Gasteiger partial charge in [0.25, 0.3) is 5.91 Å². The molecule has 1 aromatic heterocycles. The number of nitrogens with one attached hydrogen (secondary N) is 1. The Morgan fingerprint density at radius 2 is 1.59 bits per heavy atom. The van der Waals surface area contributed by atoms with Gasteiger partial charge in [-0.25, -0.2) is 9.78 Å². The molecule has 1 N–H and O–H groups in total. The highest BCUT2D eigenvalue weighted by Crippen LogP contribution is 2.33. The van der Waals surface area contributed by atoms with Gasteiger partial charge in [-0.1, -0.05) is 32.9 Å². The molecule has 1 amide bonds. The molecule has 0 spiro atoms. The molecule has 37 heavy (non-hydrogen) atoms. The number of benzene rings is 3. The van der Waals surface area contributed by atoms with Gasteiger partial charge in [-0.05, 0) is 65.6 Å². The van der Waals surface area contributed by atoms with Gasteiger partial charge in [0, 0.05) is 28.3 Å². The highest BCUT2D eigenvalue weighted by molar-refractivity contribution is 6.05. The number of anilines is 1. The van der Waals surface area contributed by atoms with E-state index < -0.39 is 5.97 Å². The highest BCUT2D eigenvalue weighted by atomic mass is 16.6. The molecule has 0 saturated carbocycles. The Bertz CT molecular complexity index is 1420. The van der Waals surface area contributed by atoms with Gasteiger partial charge in [-0.15, -0.1) is 0 Å². The molecule has 4 rings (SSSR count). The number of fused-ring (bicyclic) bond motifs is 1. The van der Waals surface area contributed by atoms with E-state index in [1.807, 2.05) is 54.6 Å². The summed E-state index contributed by atoms with van der Waals surface area (Å²) in [6, 6.07) is 22.2. The summed E-state index contributed by atoms with van der Waals surface area (Å²) in [6.45, 7) is 6.13. The van der Waals surface area contributed by atoms with Crippen LogP contribution in [-0.2, 0) is 14.9 Å². The number of hydrogen-bond acceptors (Lipinski definition) is 6. The molecule has 190 valence electrons. The molecule has 0 saturated heterocycles. The first-order chi connectivity index (χ1) is 17.7. The van der Waals surface area contributed by atoms with E-state index >= 15 is 0 Å². The van der Waals surface area contributed by atoms with Crippen molar-refractivity contribution in [2.75, 3.05) is 26.1 Å². The number of rotatable bonds is 7. The highest BCUT2D eigenvalue weighted by Gasteiger charge is 2.16. The van der Waals surface area contributed by atoms with Gasteiger partial charge in [0.1, 0.15) is 11.5 Å². The quantitative estimate of drug-likeness (QED) is 0.314. The fraction of sp³-hybridized carbons (Fsp3) is 0.233. The van der Waals surface area contributed by atoms with Crippen molar-refractivity contribution in [3.05, 3.63) is 83.9 Å². The van der Waals surface area contributed by atoms with Crippen LogP contribution in [-0.4, -0.2) is 37.7 Å². The number of amides is 1. The van der Waals surface area contributed by atoms with Crippen LogP contribution >= 0.6 is 0 Å². The summed E-state index contributed by atoms with van der Waals surface area (Å²) >= 11 is 0. The third-order valence-corrected chi connectivity index (χ3v) is 6.00. The van der Waals surface area contributed by atoms with Crippen LogP contribution in [0.5, 0.6) is 11.5 Å². The van der Waals surface area contributed by atoms with Crippen LogP contribution in [0.2, 0.25) is 0 Å². The van der Waals surface area contributed by atoms with Gasteiger partial charge in [0.05, 0.1) is 25.4 Å². The maximum atomic E-state index is 12.9. The van der Waals surface area contributed by atoms with E-state index in [1.54, 1.807) is 25.3 Å². The zero-order valence-corrected chi connectivity index (χ0v) is 21.6. The number of carbonyl (C=O) groups excluding carboxylic acids is 2. The SMILES string of the molecule is COC(=O)COc1cc(-c2ccc(OC)cc2)nc2ccc(NC(=O)c3ccc(C(C)(C)C)cc3)cc12. The Balaban J connectivity index is 1.66. The minimum Gasteiger partial charge on any atom is -0.497 e. The van der Waals surface area contributed by atoms with Crippen molar-refractivity contribution in [2.24, 2.45) is 0 Å². The number of esters is 1. The number of ether oxygens (including phenoxy) is 3. The largest absolute Gasteiger partial charge is 0.497 e. The van der Waals surface area contributed by atoms with E-state index in [0.717, 1.165) is 16.9 Å². The van der Waals surface area contributed by atoms with E-state index in [0.29, 0.717) is 33.6 Å². The first-order valence-electron chi connectivity index (χ1n) is 11.9. The average Bonchev–Trinajstić information content (AvgIpc) is 2.91. The van der Waals surface area contributed by atoms with Crippen molar-refractivity contribution in [3.63, 3.8) is 0 Å². The van der Waals surface area contributed by atoms with E-state index in [9.17, 15) is 9.59 Å². The van der Waals surface area contributed by atoms with Crippen LogP contribution in [0.4, 0.5) is 5.69 Å². The number of aromatic nitrogens is 1. The summed E-state index contributed by atoms with van der Waals surface area (Å²) in [5.41, 5.74) is 4.49. The van der Waals surface area contributed by atoms with Crippen LogP contribution in [0.25, 0.3) is 22.2 Å². The molecule has 1 heterocycles. The molecular formula is C30H30N2O5. The second kappa shape index (κ2) is 10.7. The van der Waals surface area contributed by atoms with E-state index in [-0.39, 0.29) is 17.9 Å².